The molecule has 0 saturated carbocycles. The van der Waals surface area contributed by atoms with E-state index in [0.29, 0.717) is 0 Å². The molecule has 0 aromatic carbocycles. The van der Waals surface area contributed by atoms with E-state index in [9.17, 15) is 22.8 Å². The number of sulfone groups is 1. The lowest BCUT2D eigenvalue weighted by atomic mass is 10.1. The van der Waals surface area contributed by atoms with E-state index in [2.05, 4.69) is 10.1 Å². The summed E-state index contributed by atoms with van der Waals surface area (Å²) in [6.45, 7) is 2.35. The molecule has 0 aliphatic heterocycles. The molecule has 0 spiro atoms. The third kappa shape index (κ3) is 4.80. The first kappa shape index (κ1) is 18.4. The monoisotopic (exact) mass is 309 g/mol. The molecule has 1 amide bonds. The second kappa shape index (κ2) is 6.69. The molecule has 0 aromatic rings. The Morgan fingerprint density at radius 3 is 2.15 bits per heavy atom. The van der Waals surface area contributed by atoms with Crippen LogP contribution in [0.4, 0.5) is 0 Å². The van der Waals surface area contributed by atoms with E-state index in [1.807, 2.05) is 0 Å². The van der Waals surface area contributed by atoms with Gasteiger partial charge in [0.25, 0.3) is 0 Å². The molecule has 0 fully saturated rings. The molecule has 0 aliphatic rings. The first-order valence-electron chi connectivity index (χ1n) is 5.73. The predicted molar refractivity (Wildman–Crippen MR) is 69.7 cm³/mol. The lowest BCUT2D eigenvalue weighted by Gasteiger charge is -2.24. The zero-order chi connectivity index (χ0) is 16.1. The maximum Gasteiger partial charge on any atom is 0.326 e. The summed E-state index contributed by atoms with van der Waals surface area (Å²) in [4.78, 5) is 33.8. The average molecular weight is 309 g/mol. The highest BCUT2D eigenvalue weighted by atomic mass is 32.2. The smallest absolute Gasteiger partial charge is 0.326 e. The van der Waals surface area contributed by atoms with E-state index in [4.69, 9.17) is 5.11 Å². The first-order valence-corrected chi connectivity index (χ1v) is 7.62. The number of carboxylic acid groups (broad SMARTS) is 1. The zero-order valence-electron chi connectivity index (χ0n) is 11.8. The SMILES string of the molecule is COC(=O)CC[C@@H](NC(=O)C(C)(C)S(C)(=O)=O)C(=O)O. The molecule has 0 bridgehead atoms. The van der Waals surface area contributed by atoms with Gasteiger partial charge in [-0.15, -0.1) is 0 Å². The molecule has 0 heterocycles. The predicted octanol–water partition coefficient (Wildman–Crippen LogP) is -0.668. The number of carboxylic acids is 1. The fraction of sp³-hybridized carbons (Fsp3) is 0.727. The van der Waals surface area contributed by atoms with Crippen LogP contribution in [0.15, 0.2) is 0 Å². The fourth-order valence-corrected chi connectivity index (χ4v) is 1.52. The van der Waals surface area contributed by atoms with Gasteiger partial charge in [0.1, 0.15) is 10.8 Å². The third-order valence-electron chi connectivity index (χ3n) is 2.94. The summed E-state index contributed by atoms with van der Waals surface area (Å²) in [5.74, 6) is -2.91. The number of hydrogen-bond acceptors (Lipinski definition) is 6. The van der Waals surface area contributed by atoms with Crippen molar-refractivity contribution < 1.29 is 32.6 Å². The summed E-state index contributed by atoms with van der Waals surface area (Å²) in [7, 11) is -2.55. The molecule has 0 aromatic heterocycles. The molecular formula is C11H19NO7S. The lowest BCUT2D eigenvalue weighted by Crippen LogP contribution is -2.52. The number of nitrogens with one attached hydrogen (secondary N) is 1. The van der Waals surface area contributed by atoms with Crippen LogP contribution in [0.1, 0.15) is 26.7 Å². The van der Waals surface area contributed by atoms with E-state index < -0.39 is 38.5 Å². The third-order valence-corrected chi connectivity index (χ3v) is 4.98. The van der Waals surface area contributed by atoms with Crippen LogP contribution < -0.4 is 5.32 Å². The van der Waals surface area contributed by atoms with Crippen molar-refractivity contribution in [3.63, 3.8) is 0 Å². The van der Waals surface area contributed by atoms with Crippen molar-refractivity contribution >= 4 is 27.7 Å². The number of methoxy groups -OCH3 is 1. The summed E-state index contributed by atoms with van der Waals surface area (Å²) >= 11 is 0. The minimum atomic E-state index is -3.71. The number of aliphatic carboxylic acids is 1. The molecule has 0 saturated heterocycles. The van der Waals surface area contributed by atoms with Crippen molar-refractivity contribution in [1.29, 1.82) is 0 Å². The van der Waals surface area contributed by atoms with Gasteiger partial charge in [-0.3, -0.25) is 9.59 Å². The second-order valence-electron chi connectivity index (χ2n) is 4.76. The number of esters is 1. The maximum atomic E-state index is 11.9. The fourth-order valence-electron chi connectivity index (χ4n) is 1.12. The highest BCUT2D eigenvalue weighted by Crippen LogP contribution is 2.16. The molecule has 9 heteroatoms. The maximum absolute atomic E-state index is 11.9. The molecule has 0 unspecified atom stereocenters. The van der Waals surface area contributed by atoms with Crippen molar-refractivity contribution in [1.82, 2.24) is 5.32 Å². The van der Waals surface area contributed by atoms with Crippen molar-refractivity contribution in [2.24, 2.45) is 0 Å². The van der Waals surface area contributed by atoms with Gasteiger partial charge < -0.3 is 15.2 Å². The molecule has 0 rings (SSSR count). The Hall–Kier alpha value is -1.64. The van der Waals surface area contributed by atoms with Crippen LogP contribution in [-0.2, 0) is 29.0 Å². The van der Waals surface area contributed by atoms with Gasteiger partial charge in [-0.25, -0.2) is 13.2 Å². The quantitative estimate of drug-likeness (QED) is 0.597. The molecule has 2 N–H and O–H groups in total. The number of hydrogen-bond donors (Lipinski definition) is 2. The largest absolute Gasteiger partial charge is 0.480 e. The van der Waals surface area contributed by atoms with Crippen molar-refractivity contribution in [3.8, 4) is 0 Å². The van der Waals surface area contributed by atoms with Crippen LogP contribution in [0.3, 0.4) is 0 Å². The van der Waals surface area contributed by atoms with Gasteiger partial charge in [-0.1, -0.05) is 0 Å². The zero-order valence-corrected chi connectivity index (χ0v) is 12.6. The number of ether oxygens (including phenoxy) is 1. The summed E-state index contributed by atoms with van der Waals surface area (Å²) in [5.41, 5.74) is 0. The van der Waals surface area contributed by atoms with Gasteiger partial charge in [0.05, 0.1) is 7.11 Å². The van der Waals surface area contributed by atoms with Crippen LogP contribution >= 0.6 is 0 Å². The Morgan fingerprint density at radius 1 is 1.30 bits per heavy atom. The minimum Gasteiger partial charge on any atom is -0.480 e. The van der Waals surface area contributed by atoms with Crippen LogP contribution in [0.25, 0.3) is 0 Å². The number of carbonyl (C=O) groups is 3. The summed E-state index contributed by atoms with van der Waals surface area (Å²) in [6, 6.07) is -1.36. The van der Waals surface area contributed by atoms with Crippen molar-refractivity contribution in [3.05, 3.63) is 0 Å². The Bertz CT molecular complexity index is 495. The molecule has 1 atom stereocenters. The topological polar surface area (TPSA) is 127 Å². The summed E-state index contributed by atoms with van der Waals surface area (Å²) in [6.07, 6.45) is 0.497. The Kier molecular flexibility index (Phi) is 6.14. The van der Waals surface area contributed by atoms with E-state index in [1.54, 1.807) is 0 Å². The second-order valence-corrected chi connectivity index (χ2v) is 7.33. The van der Waals surface area contributed by atoms with Gasteiger partial charge in [-0.2, -0.15) is 0 Å². The Labute approximate surface area is 117 Å². The van der Waals surface area contributed by atoms with E-state index in [-0.39, 0.29) is 12.8 Å². The van der Waals surface area contributed by atoms with E-state index in [0.717, 1.165) is 13.4 Å². The minimum absolute atomic E-state index is 0.187. The molecule has 8 nitrogen and oxygen atoms in total. The average Bonchev–Trinajstić information content (AvgIpc) is 2.31. The van der Waals surface area contributed by atoms with E-state index in [1.165, 1.54) is 13.8 Å². The Balaban J connectivity index is 4.90. The highest BCUT2D eigenvalue weighted by molar-refractivity contribution is 7.92. The van der Waals surface area contributed by atoms with Gasteiger partial charge in [0.2, 0.25) is 5.91 Å². The number of amides is 1. The molecule has 20 heavy (non-hydrogen) atoms. The number of rotatable bonds is 7. The number of carbonyl (C=O) groups excluding carboxylic acids is 2. The van der Waals surface area contributed by atoms with Gasteiger partial charge in [0.15, 0.2) is 9.84 Å². The lowest BCUT2D eigenvalue weighted by molar-refractivity contribution is -0.144. The van der Waals surface area contributed by atoms with Crippen LogP contribution in [0, 0.1) is 0 Å². The van der Waals surface area contributed by atoms with Crippen LogP contribution in [0.5, 0.6) is 0 Å². The van der Waals surface area contributed by atoms with Gasteiger partial charge >= 0.3 is 11.9 Å². The highest BCUT2D eigenvalue weighted by Gasteiger charge is 2.40. The summed E-state index contributed by atoms with van der Waals surface area (Å²) in [5, 5.41) is 11.1. The van der Waals surface area contributed by atoms with Crippen LogP contribution in [-0.4, -0.2) is 55.5 Å². The standard InChI is InChI=1S/C11H19NO7S/c1-11(2,20(4,17)18)10(16)12-7(9(14)15)5-6-8(13)19-3/h7H,5-6H2,1-4H3,(H,12,16)(H,14,15)/t7-/m1/s1. The van der Waals surface area contributed by atoms with Crippen molar-refractivity contribution in [2.45, 2.75) is 37.5 Å². The summed E-state index contributed by atoms with van der Waals surface area (Å²) < 4.78 is 25.6. The molecule has 0 aliphatic carbocycles. The molecular weight excluding hydrogens is 290 g/mol. The van der Waals surface area contributed by atoms with Gasteiger partial charge in [-0.05, 0) is 20.3 Å². The van der Waals surface area contributed by atoms with E-state index >= 15 is 0 Å². The van der Waals surface area contributed by atoms with Crippen molar-refractivity contribution in [2.75, 3.05) is 13.4 Å². The Morgan fingerprint density at radius 2 is 1.80 bits per heavy atom. The molecule has 116 valence electrons. The van der Waals surface area contributed by atoms with Gasteiger partial charge in [0, 0.05) is 12.7 Å². The normalized spacial score (nSPS) is 13.4. The van der Waals surface area contributed by atoms with Crippen LogP contribution in [0.2, 0.25) is 0 Å². The first-order chi connectivity index (χ1) is 8.93. The molecule has 0 radical (unpaired) electrons.